The minimum absolute atomic E-state index is 0.0713. The molecule has 2 aromatic rings. The number of phenols is 1. The molecule has 0 fully saturated rings. The Morgan fingerprint density at radius 1 is 1.36 bits per heavy atom. The summed E-state index contributed by atoms with van der Waals surface area (Å²) < 4.78 is 5.66. The van der Waals surface area contributed by atoms with E-state index in [0.29, 0.717) is 20.5 Å². The molecule has 0 aliphatic heterocycles. The Labute approximate surface area is 174 Å². The monoisotopic (exact) mass is 458 g/mol. The van der Waals surface area contributed by atoms with E-state index in [1.807, 2.05) is 12.1 Å². The van der Waals surface area contributed by atoms with Gasteiger partial charge in [-0.15, -0.1) is 11.3 Å². The number of esters is 1. The lowest BCUT2D eigenvalue weighted by molar-refractivity contribution is -0.114. The third-order valence-corrected chi connectivity index (χ3v) is 5.59. The molecule has 0 saturated carbocycles. The lowest BCUT2D eigenvalue weighted by atomic mass is 10.0. The van der Waals surface area contributed by atoms with Crippen LogP contribution >= 0.6 is 27.3 Å². The molecule has 0 saturated heterocycles. The number of nitriles is 2. The molecule has 0 unspecified atom stereocenters. The van der Waals surface area contributed by atoms with Gasteiger partial charge in [-0.3, -0.25) is 4.79 Å². The summed E-state index contributed by atoms with van der Waals surface area (Å²) in [4.78, 5) is 25.3. The zero-order chi connectivity index (χ0) is 20.8. The van der Waals surface area contributed by atoms with Crippen LogP contribution in [0.5, 0.6) is 5.75 Å². The molecule has 1 N–H and O–H groups in total. The molecular weight excluding hydrogens is 444 g/mol. The van der Waals surface area contributed by atoms with E-state index in [0.717, 1.165) is 11.3 Å². The molecule has 28 heavy (non-hydrogen) atoms. The van der Waals surface area contributed by atoms with Crippen molar-refractivity contribution in [3.8, 4) is 17.9 Å². The maximum atomic E-state index is 12.6. The second-order valence-electron chi connectivity index (χ2n) is 5.66. The quantitative estimate of drug-likeness (QED) is 0.392. The molecule has 0 spiro atoms. The minimum Gasteiger partial charge on any atom is -0.507 e. The number of ether oxygens (including phenoxy) is 1. The van der Waals surface area contributed by atoms with Gasteiger partial charge in [0.25, 0.3) is 0 Å². The number of benzene rings is 1. The number of ketones is 1. The Hall–Kier alpha value is -2.94. The van der Waals surface area contributed by atoms with Gasteiger partial charge in [-0.25, -0.2) is 4.79 Å². The van der Waals surface area contributed by atoms with Crippen LogP contribution in [-0.2, 0) is 16.0 Å². The Balaban J connectivity index is 2.38. The number of carbonyl (C=O) groups is 2. The number of hydrogen-bond donors (Lipinski definition) is 1. The third-order valence-electron chi connectivity index (χ3n) is 3.82. The van der Waals surface area contributed by atoms with Crippen molar-refractivity contribution in [1.82, 2.24) is 0 Å². The smallest absolute Gasteiger partial charge is 0.348 e. The van der Waals surface area contributed by atoms with Crippen molar-refractivity contribution in [2.24, 2.45) is 0 Å². The number of hydrogen-bond acceptors (Lipinski definition) is 7. The maximum absolute atomic E-state index is 12.6. The first kappa shape index (κ1) is 21.4. The maximum Gasteiger partial charge on any atom is 0.348 e. The average molecular weight is 459 g/mol. The second-order valence-corrected chi connectivity index (χ2v) is 7.68. The number of nitrogens with zero attached hydrogens (tertiary/aromatic N) is 2. The van der Waals surface area contributed by atoms with Gasteiger partial charge in [0.05, 0.1) is 17.7 Å². The predicted molar refractivity (Wildman–Crippen MR) is 108 cm³/mol. The molecule has 0 bridgehead atoms. The number of rotatable bonds is 6. The summed E-state index contributed by atoms with van der Waals surface area (Å²) in [5.74, 6) is -1.14. The first-order chi connectivity index (χ1) is 13.3. The fourth-order valence-corrected chi connectivity index (χ4v) is 3.97. The zero-order valence-corrected chi connectivity index (χ0v) is 17.5. The number of carbonyl (C=O) groups excluding carboxylic acids is 2. The number of halogens is 1. The van der Waals surface area contributed by atoms with Crippen molar-refractivity contribution >= 4 is 45.1 Å². The van der Waals surface area contributed by atoms with E-state index in [2.05, 4.69) is 15.9 Å². The predicted octanol–water partition coefficient (Wildman–Crippen LogP) is 4.29. The number of aromatic hydroxyl groups is 1. The topological polar surface area (TPSA) is 111 Å². The Morgan fingerprint density at radius 3 is 2.68 bits per heavy atom. The standard InChI is InChI=1S/C20H15BrN2O4S/c1-3-27-20(26)19-11(2)15(10-23)18(28-19)8-17(25)13(9-22)6-12-7-14(21)4-5-16(12)24/h4-7,24H,3,8H2,1-2H3. The van der Waals surface area contributed by atoms with E-state index in [4.69, 9.17) is 4.74 Å². The van der Waals surface area contributed by atoms with Crippen LogP contribution in [-0.4, -0.2) is 23.5 Å². The highest BCUT2D eigenvalue weighted by atomic mass is 79.9. The van der Waals surface area contributed by atoms with Crippen molar-refractivity contribution in [2.45, 2.75) is 20.3 Å². The molecular formula is C20H15BrN2O4S. The highest BCUT2D eigenvalue weighted by Crippen LogP contribution is 2.30. The van der Waals surface area contributed by atoms with Crippen LogP contribution in [0.3, 0.4) is 0 Å². The van der Waals surface area contributed by atoms with Gasteiger partial charge in [-0.1, -0.05) is 15.9 Å². The second kappa shape index (κ2) is 9.32. The number of phenolic OH excluding ortho intramolecular Hbond substituents is 1. The third kappa shape index (κ3) is 4.66. The number of allylic oxidation sites excluding steroid dienone is 1. The van der Waals surface area contributed by atoms with Gasteiger partial charge in [0.1, 0.15) is 22.8 Å². The molecule has 1 aromatic heterocycles. The van der Waals surface area contributed by atoms with Gasteiger partial charge in [-0.2, -0.15) is 10.5 Å². The summed E-state index contributed by atoms with van der Waals surface area (Å²) >= 11 is 4.28. The average Bonchev–Trinajstić information content (AvgIpc) is 2.97. The van der Waals surface area contributed by atoms with Gasteiger partial charge in [0.15, 0.2) is 5.78 Å². The fraction of sp³-hybridized carbons (Fsp3) is 0.200. The molecule has 6 nitrogen and oxygen atoms in total. The number of Topliss-reactive ketones (excluding diaryl/α,β-unsaturated/α-hetero) is 1. The van der Waals surface area contributed by atoms with E-state index >= 15 is 0 Å². The summed E-state index contributed by atoms with van der Waals surface area (Å²) in [7, 11) is 0. The van der Waals surface area contributed by atoms with Crippen LogP contribution in [0.1, 0.15) is 38.2 Å². The van der Waals surface area contributed by atoms with Gasteiger partial charge < -0.3 is 9.84 Å². The summed E-state index contributed by atoms with van der Waals surface area (Å²) in [5, 5.41) is 28.7. The molecule has 1 heterocycles. The van der Waals surface area contributed by atoms with Crippen LogP contribution in [0.15, 0.2) is 28.2 Å². The molecule has 8 heteroatoms. The summed E-state index contributed by atoms with van der Waals surface area (Å²) in [5.41, 5.74) is 0.847. The highest BCUT2D eigenvalue weighted by molar-refractivity contribution is 9.10. The van der Waals surface area contributed by atoms with Gasteiger partial charge in [-0.05, 0) is 43.7 Å². The van der Waals surface area contributed by atoms with E-state index in [9.17, 15) is 25.2 Å². The Morgan fingerprint density at radius 2 is 2.07 bits per heavy atom. The molecule has 0 aliphatic carbocycles. The Kier molecular flexibility index (Phi) is 7.11. The summed E-state index contributed by atoms with van der Waals surface area (Å²) in [6, 6.07) is 8.50. The van der Waals surface area contributed by atoms with Gasteiger partial charge in [0, 0.05) is 21.3 Å². The number of thiophene rings is 1. The first-order valence-electron chi connectivity index (χ1n) is 8.15. The van der Waals surface area contributed by atoms with Gasteiger partial charge >= 0.3 is 5.97 Å². The van der Waals surface area contributed by atoms with Crippen molar-refractivity contribution in [1.29, 1.82) is 10.5 Å². The van der Waals surface area contributed by atoms with Crippen molar-refractivity contribution < 1.29 is 19.4 Å². The van der Waals surface area contributed by atoms with E-state index < -0.39 is 11.8 Å². The van der Waals surface area contributed by atoms with Crippen molar-refractivity contribution in [3.05, 3.63) is 54.7 Å². The molecule has 0 atom stereocenters. The lowest BCUT2D eigenvalue weighted by Gasteiger charge is -2.02. The van der Waals surface area contributed by atoms with Crippen LogP contribution in [0.2, 0.25) is 0 Å². The normalized spacial score (nSPS) is 10.8. The highest BCUT2D eigenvalue weighted by Gasteiger charge is 2.23. The zero-order valence-electron chi connectivity index (χ0n) is 15.1. The summed E-state index contributed by atoms with van der Waals surface area (Å²) in [6.45, 7) is 3.50. The summed E-state index contributed by atoms with van der Waals surface area (Å²) in [6.07, 6.45) is 1.09. The minimum atomic E-state index is -0.546. The SMILES string of the molecule is CCOC(=O)c1sc(CC(=O)C(C#N)=Cc2cc(Br)ccc2O)c(C#N)c1C. The van der Waals surface area contributed by atoms with Gasteiger partial charge in [0.2, 0.25) is 0 Å². The van der Waals surface area contributed by atoms with E-state index in [1.54, 1.807) is 26.0 Å². The van der Waals surface area contributed by atoms with E-state index in [1.165, 1.54) is 12.1 Å². The molecule has 1 aromatic carbocycles. The van der Waals surface area contributed by atoms with Crippen LogP contribution < -0.4 is 0 Å². The molecule has 0 amide bonds. The van der Waals surface area contributed by atoms with Crippen molar-refractivity contribution in [2.75, 3.05) is 6.61 Å². The van der Waals surface area contributed by atoms with Crippen molar-refractivity contribution in [3.63, 3.8) is 0 Å². The fourth-order valence-electron chi connectivity index (χ4n) is 2.45. The van der Waals surface area contributed by atoms with Crippen LogP contribution in [0, 0.1) is 29.6 Å². The molecule has 2 rings (SSSR count). The largest absolute Gasteiger partial charge is 0.507 e. The Bertz CT molecular complexity index is 1060. The lowest BCUT2D eigenvalue weighted by Crippen LogP contribution is -2.05. The molecule has 142 valence electrons. The van der Waals surface area contributed by atoms with E-state index in [-0.39, 0.29) is 34.8 Å². The molecule has 0 aliphatic rings. The molecule has 0 radical (unpaired) electrons. The van der Waals surface area contributed by atoms with Crippen LogP contribution in [0.25, 0.3) is 6.08 Å². The first-order valence-corrected chi connectivity index (χ1v) is 9.76. The van der Waals surface area contributed by atoms with Crippen LogP contribution in [0.4, 0.5) is 0 Å².